The van der Waals surface area contributed by atoms with E-state index in [1.165, 1.54) is 12.8 Å². The number of nitrogens with zero attached hydrogens (tertiary/aromatic N) is 1. The van der Waals surface area contributed by atoms with Crippen LogP contribution in [0, 0.1) is 0 Å². The van der Waals surface area contributed by atoms with Crippen molar-refractivity contribution in [3.8, 4) is 11.1 Å². The van der Waals surface area contributed by atoms with Crippen molar-refractivity contribution in [1.82, 2.24) is 10.3 Å². The Morgan fingerprint density at radius 2 is 1.79 bits per heavy atom. The summed E-state index contributed by atoms with van der Waals surface area (Å²) in [5.74, 6) is 0.0255. The highest BCUT2D eigenvalue weighted by Gasteiger charge is 2.18. The fourth-order valence-corrected chi connectivity index (χ4v) is 3.41. The van der Waals surface area contributed by atoms with Gasteiger partial charge in [-0.25, -0.2) is 0 Å². The molecule has 0 spiro atoms. The molecule has 2 aromatic carbocycles. The molecule has 120 valence electrons. The molecule has 0 saturated heterocycles. The molecule has 4 rings (SSSR count). The first kappa shape index (κ1) is 14.9. The van der Waals surface area contributed by atoms with Gasteiger partial charge in [-0.1, -0.05) is 43.2 Å². The summed E-state index contributed by atoms with van der Waals surface area (Å²) in [7, 11) is 0. The Bertz CT molecular complexity index is 882. The zero-order valence-electron chi connectivity index (χ0n) is 13.5. The molecule has 1 heterocycles. The first-order valence-corrected chi connectivity index (χ1v) is 8.56. The van der Waals surface area contributed by atoms with Crippen LogP contribution in [-0.4, -0.2) is 16.9 Å². The van der Waals surface area contributed by atoms with Crippen molar-refractivity contribution in [2.75, 3.05) is 0 Å². The largest absolute Gasteiger partial charge is 0.349 e. The van der Waals surface area contributed by atoms with Crippen molar-refractivity contribution in [1.29, 1.82) is 0 Å². The van der Waals surface area contributed by atoms with E-state index in [1.807, 2.05) is 48.7 Å². The normalized spacial score (nSPS) is 14.8. The highest BCUT2D eigenvalue weighted by Crippen LogP contribution is 2.24. The number of benzene rings is 2. The van der Waals surface area contributed by atoms with E-state index in [0.29, 0.717) is 11.6 Å². The van der Waals surface area contributed by atoms with Gasteiger partial charge in [0.2, 0.25) is 0 Å². The van der Waals surface area contributed by atoms with Gasteiger partial charge in [0.15, 0.2) is 0 Å². The monoisotopic (exact) mass is 316 g/mol. The van der Waals surface area contributed by atoms with Crippen LogP contribution in [-0.2, 0) is 0 Å². The third kappa shape index (κ3) is 3.02. The standard InChI is InChI=1S/C21H20N2O/c24-21(23-19-9-2-3-10-19)17-8-5-7-15(12-17)18-13-16-6-1-4-11-20(16)22-14-18/h1,4-8,11-14,19H,2-3,9-10H2,(H,23,24). The molecule has 0 unspecified atom stereocenters. The van der Waals surface area contributed by atoms with E-state index in [4.69, 9.17) is 0 Å². The molecule has 1 N–H and O–H groups in total. The molecule has 0 aliphatic heterocycles. The number of nitrogens with one attached hydrogen (secondary N) is 1. The van der Waals surface area contributed by atoms with Gasteiger partial charge < -0.3 is 5.32 Å². The Balaban J connectivity index is 1.62. The Morgan fingerprint density at radius 3 is 2.67 bits per heavy atom. The first-order valence-electron chi connectivity index (χ1n) is 8.56. The van der Waals surface area contributed by atoms with Crippen molar-refractivity contribution in [3.05, 3.63) is 66.4 Å². The molecule has 1 fully saturated rings. The summed E-state index contributed by atoms with van der Waals surface area (Å²) in [5.41, 5.74) is 3.75. The van der Waals surface area contributed by atoms with Gasteiger partial charge >= 0.3 is 0 Å². The van der Waals surface area contributed by atoms with Gasteiger partial charge in [-0.15, -0.1) is 0 Å². The number of amides is 1. The smallest absolute Gasteiger partial charge is 0.251 e. The lowest BCUT2D eigenvalue weighted by Crippen LogP contribution is -2.32. The predicted octanol–water partition coefficient (Wildman–Crippen LogP) is 4.57. The Kier molecular flexibility index (Phi) is 3.99. The number of hydrogen-bond acceptors (Lipinski definition) is 2. The second-order valence-electron chi connectivity index (χ2n) is 6.45. The highest BCUT2D eigenvalue weighted by molar-refractivity contribution is 5.96. The maximum atomic E-state index is 12.5. The van der Waals surface area contributed by atoms with Gasteiger partial charge in [-0.2, -0.15) is 0 Å². The van der Waals surface area contributed by atoms with Crippen LogP contribution in [0.2, 0.25) is 0 Å². The maximum absolute atomic E-state index is 12.5. The molecule has 3 aromatic rings. The second kappa shape index (κ2) is 6.44. The van der Waals surface area contributed by atoms with Crippen molar-refractivity contribution >= 4 is 16.8 Å². The van der Waals surface area contributed by atoms with Gasteiger partial charge in [0, 0.05) is 28.8 Å². The number of aromatic nitrogens is 1. The Morgan fingerprint density at radius 1 is 0.958 bits per heavy atom. The number of pyridine rings is 1. The van der Waals surface area contributed by atoms with Crippen LogP contribution in [0.5, 0.6) is 0 Å². The van der Waals surface area contributed by atoms with Crippen molar-refractivity contribution in [3.63, 3.8) is 0 Å². The summed E-state index contributed by atoms with van der Waals surface area (Å²) in [4.78, 5) is 17.0. The van der Waals surface area contributed by atoms with Gasteiger partial charge in [0.25, 0.3) is 5.91 Å². The van der Waals surface area contributed by atoms with Gasteiger partial charge in [0.1, 0.15) is 0 Å². The summed E-state index contributed by atoms with van der Waals surface area (Å²) >= 11 is 0. The SMILES string of the molecule is O=C(NC1CCCC1)c1cccc(-c2cnc3ccccc3c2)c1. The molecule has 3 heteroatoms. The molecule has 1 aliphatic rings. The number of fused-ring (bicyclic) bond motifs is 1. The minimum atomic E-state index is 0.0255. The molecule has 1 saturated carbocycles. The zero-order valence-corrected chi connectivity index (χ0v) is 13.5. The van der Waals surface area contributed by atoms with E-state index >= 15 is 0 Å². The van der Waals surface area contributed by atoms with E-state index in [2.05, 4.69) is 22.4 Å². The number of hydrogen-bond donors (Lipinski definition) is 1. The molecule has 1 aromatic heterocycles. The third-order valence-electron chi connectivity index (χ3n) is 4.74. The molecule has 3 nitrogen and oxygen atoms in total. The van der Waals surface area contributed by atoms with E-state index < -0.39 is 0 Å². The lowest BCUT2D eigenvalue weighted by atomic mass is 10.0. The summed E-state index contributed by atoms with van der Waals surface area (Å²) < 4.78 is 0. The fourth-order valence-electron chi connectivity index (χ4n) is 3.41. The number of carbonyl (C=O) groups is 1. The van der Waals surface area contributed by atoms with E-state index in [1.54, 1.807) is 0 Å². The third-order valence-corrected chi connectivity index (χ3v) is 4.74. The lowest BCUT2D eigenvalue weighted by molar-refractivity contribution is 0.0938. The Labute approximate surface area is 141 Å². The summed E-state index contributed by atoms with van der Waals surface area (Å²) in [6, 6.07) is 18.3. The average molecular weight is 316 g/mol. The van der Waals surface area contributed by atoms with Crippen LogP contribution >= 0.6 is 0 Å². The van der Waals surface area contributed by atoms with Crippen LogP contribution in [0.3, 0.4) is 0 Å². The average Bonchev–Trinajstić information content (AvgIpc) is 3.14. The molecule has 1 aliphatic carbocycles. The van der Waals surface area contributed by atoms with Crippen LogP contribution in [0.25, 0.3) is 22.0 Å². The van der Waals surface area contributed by atoms with E-state index in [-0.39, 0.29) is 5.91 Å². The molecular weight excluding hydrogens is 296 g/mol. The molecule has 24 heavy (non-hydrogen) atoms. The van der Waals surface area contributed by atoms with Crippen molar-refractivity contribution in [2.45, 2.75) is 31.7 Å². The van der Waals surface area contributed by atoms with E-state index in [0.717, 1.165) is 34.9 Å². The van der Waals surface area contributed by atoms with Gasteiger partial charge in [0.05, 0.1) is 5.52 Å². The first-order chi connectivity index (χ1) is 11.8. The lowest BCUT2D eigenvalue weighted by Gasteiger charge is -2.12. The van der Waals surface area contributed by atoms with Gasteiger partial charge in [-0.05, 0) is 42.7 Å². The quantitative estimate of drug-likeness (QED) is 0.769. The molecule has 0 bridgehead atoms. The highest BCUT2D eigenvalue weighted by atomic mass is 16.1. The number of para-hydroxylation sites is 1. The van der Waals surface area contributed by atoms with Crippen LogP contribution in [0.15, 0.2) is 60.8 Å². The fraction of sp³-hybridized carbons (Fsp3) is 0.238. The topological polar surface area (TPSA) is 42.0 Å². The van der Waals surface area contributed by atoms with Crippen LogP contribution in [0.1, 0.15) is 36.0 Å². The Hall–Kier alpha value is -2.68. The predicted molar refractivity (Wildman–Crippen MR) is 96.9 cm³/mol. The van der Waals surface area contributed by atoms with Crippen LogP contribution < -0.4 is 5.32 Å². The zero-order chi connectivity index (χ0) is 16.4. The molecule has 1 amide bonds. The number of carbonyl (C=O) groups excluding carboxylic acids is 1. The summed E-state index contributed by atoms with van der Waals surface area (Å²) in [5, 5.41) is 4.26. The summed E-state index contributed by atoms with van der Waals surface area (Å²) in [6.07, 6.45) is 6.50. The maximum Gasteiger partial charge on any atom is 0.251 e. The van der Waals surface area contributed by atoms with Crippen molar-refractivity contribution < 1.29 is 4.79 Å². The van der Waals surface area contributed by atoms with Gasteiger partial charge in [-0.3, -0.25) is 9.78 Å². The minimum Gasteiger partial charge on any atom is -0.349 e. The second-order valence-corrected chi connectivity index (χ2v) is 6.45. The minimum absolute atomic E-state index is 0.0255. The van der Waals surface area contributed by atoms with Crippen molar-refractivity contribution in [2.24, 2.45) is 0 Å². The molecule has 0 radical (unpaired) electrons. The van der Waals surface area contributed by atoms with E-state index in [9.17, 15) is 4.79 Å². The number of rotatable bonds is 3. The summed E-state index contributed by atoms with van der Waals surface area (Å²) in [6.45, 7) is 0. The van der Waals surface area contributed by atoms with Crippen LogP contribution in [0.4, 0.5) is 0 Å². The molecule has 0 atom stereocenters. The molecular formula is C21H20N2O.